The van der Waals surface area contributed by atoms with Crippen molar-refractivity contribution in [3.8, 4) is 0 Å². The number of hydrogen-bond acceptors (Lipinski definition) is 2. The van der Waals surface area contributed by atoms with Gasteiger partial charge in [-0.25, -0.2) is 0 Å². The van der Waals surface area contributed by atoms with Crippen LogP contribution in [0.1, 0.15) is 70.8 Å². The zero-order chi connectivity index (χ0) is 18.6. The first-order valence-corrected chi connectivity index (χ1v) is 10.2. The van der Waals surface area contributed by atoms with Crippen LogP contribution < -0.4 is 5.32 Å². The van der Waals surface area contributed by atoms with Crippen LogP contribution in [0.5, 0.6) is 0 Å². The third kappa shape index (κ3) is 3.94. The molecule has 142 valence electrons. The van der Waals surface area contributed by atoms with Crippen LogP contribution in [0.25, 0.3) is 0 Å². The number of anilines is 1. The highest BCUT2D eigenvalue weighted by atomic mass is 16.2. The molecule has 1 heterocycles. The van der Waals surface area contributed by atoms with E-state index in [1.54, 1.807) is 0 Å². The molecule has 1 aromatic carbocycles. The number of rotatable bonds is 4. The summed E-state index contributed by atoms with van der Waals surface area (Å²) in [6.07, 6.45) is 8.14. The number of carbonyl (C=O) groups excluding carboxylic acids is 2. The van der Waals surface area contributed by atoms with E-state index in [-0.39, 0.29) is 11.3 Å². The molecule has 1 saturated carbocycles. The molecular weight excluding hydrogens is 324 g/mol. The van der Waals surface area contributed by atoms with Gasteiger partial charge in [-0.15, -0.1) is 0 Å². The van der Waals surface area contributed by atoms with E-state index < -0.39 is 0 Å². The van der Waals surface area contributed by atoms with Crippen LogP contribution in [0, 0.1) is 5.92 Å². The van der Waals surface area contributed by atoms with E-state index in [0.717, 1.165) is 56.4 Å². The number of nitrogens with one attached hydrogen (secondary N) is 1. The second-order valence-electron chi connectivity index (χ2n) is 8.12. The summed E-state index contributed by atoms with van der Waals surface area (Å²) < 4.78 is 0. The zero-order valence-electron chi connectivity index (χ0n) is 16.2. The summed E-state index contributed by atoms with van der Waals surface area (Å²) >= 11 is 0. The summed E-state index contributed by atoms with van der Waals surface area (Å²) in [5, 5.41) is 2.90. The highest BCUT2D eigenvalue weighted by Crippen LogP contribution is 2.42. The maximum atomic E-state index is 13.6. The third-order valence-corrected chi connectivity index (χ3v) is 6.10. The minimum atomic E-state index is -0.372. The van der Waals surface area contributed by atoms with Crippen LogP contribution in [0.15, 0.2) is 24.3 Å². The molecule has 1 aliphatic carbocycles. The second-order valence-corrected chi connectivity index (χ2v) is 8.12. The highest BCUT2D eigenvalue weighted by Gasteiger charge is 2.44. The van der Waals surface area contributed by atoms with Crippen LogP contribution >= 0.6 is 0 Å². The molecule has 1 unspecified atom stereocenters. The lowest BCUT2D eigenvalue weighted by atomic mass is 9.68. The normalized spacial score (nSPS) is 22.7. The van der Waals surface area contributed by atoms with Crippen molar-refractivity contribution in [1.82, 2.24) is 4.90 Å². The van der Waals surface area contributed by atoms with Crippen molar-refractivity contribution in [3.05, 3.63) is 29.8 Å². The first-order chi connectivity index (χ1) is 12.5. The van der Waals surface area contributed by atoms with Crippen LogP contribution in [0.4, 0.5) is 5.69 Å². The molecule has 1 atom stereocenters. The van der Waals surface area contributed by atoms with Gasteiger partial charge in [0.1, 0.15) is 0 Å². The Bertz CT molecular complexity index is 632. The lowest BCUT2D eigenvalue weighted by molar-refractivity contribution is -0.140. The molecule has 1 saturated heterocycles. The molecule has 1 N–H and O–H groups in total. The summed E-state index contributed by atoms with van der Waals surface area (Å²) in [7, 11) is 0. The zero-order valence-corrected chi connectivity index (χ0v) is 16.2. The maximum Gasteiger partial charge on any atom is 0.233 e. The molecule has 3 rings (SSSR count). The predicted molar refractivity (Wildman–Crippen MR) is 105 cm³/mol. The quantitative estimate of drug-likeness (QED) is 0.864. The molecule has 0 radical (unpaired) electrons. The SMILES string of the molecule is CCC(=O)Nc1ccc(C2(C(=O)N3CCCC(C)C3)CCCCC2)cc1. The summed E-state index contributed by atoms with van der Waals surface area (Å²) in [5.74, 6) is 0.942. The fourth-order valence-corrected chi connectivity index (χ4v) is 4.58. The molecule has 26 heavy (non-hydrogen) atoms. The number of nitrogens with zero attached hydrogens (tertiary/aromatic N) is 1. The molecule has 1 aromatic rings. The average Bonchev–Trinajstić information content (AvgIpc) is 2.68. The predicted octanol–water partition coefficient (Wildman–Crippen LogP) is 4.50. The van der Waals surface area contributed by atoms with Gasteiger partial charge in [-0.1, -0.05) is 45.2 Å². The summed E-state index contributed by atoms with van der Waals surface area (Å²) in [6, 6.07) is 8.01. The summed E-state index contributed by atoms with van der Waals surface area (Å²) in [5.41, 5.74) is 1.56. The van der Waals surface area contributed by atoms with Crippen molar-refractivity contribution in [2.24, 2.45) is 5.92 Å². The van der Waals surface area contributed by atoms with Crippen LogP contribution in [-0.4, -0.2) is 29.8 Å². The number of hydrogen-bond donors (Lipinski definition) is 1. The monoisotopic (exact) mass is 356 g/mol. The van der Waals surface area contributed by atoms with Gasteiger partial charge in [-0.2, -0.15) is 0 Å². The van der Waals surface area contributed by atoms with Crippen molar-refractivity contribution in [1.29, 1.82) is 0 Å². The third-order valence-electron chi connectivity index (χ3n) is 6.10. The van der Waals surface area contributed by atoms with Crippen molar-refractivity contribution in [2.45, 2.75) is 70.6 Å². The van der Waals surface area contributed by atoms with Crippen LogP contribution in [-0.2, 0) is 15.0 Å². The first-order valence-electron chi connectivity index (χ1n) is 10.2. The van der Waals surface area contributed by atoms with E-state index >= 15 is 0 Å². The Morgan fingerprint density at radius 1 is 1.12 bits per heavy atom. The van der Waals surface area contributed by atoms with Gasteiger partial charge in [0, 0.05) is 25.2 Å². The van der Waals surface area contributed by atoms with Crippen LogP contribution in [0.2, 0.25) is 0 Å². The van der Waals surface area contributed by atoms with E-state index in [1.807, 2.05) is 19.1 Å². The lowest BCUT2D eigenvalue weighted by Gasteiger charge is -2.42. The number of amides is 2. The molecule has 4 heteroatoms. The van der Waals surface area contributed by atoms with Crippen molar-refractivity contribution < 1.29 is 9.59 Å². The van der Waals surface area contributed by atoms with E-state index in [0.29, 0.717) is 18.2 Å². The standard InChI is InChI=1S/C22H32N2O2/c1-3-20(25)23-19-11-9-18(10-12-19)22(13-5-4-6-14-22)21(26)24-15-7-8-17(2)16-24/h9-12,17H,3-8,13-16H2,1-2H3,(H,23,25). The largest absolute Gasteiger partial charge is 0.342 e. The molecule has 0 bridgehead atoms. The first kappa shape index (κ1) is 18.9. The molecule has 0 aromatic heterocycles. The summed E-state index contributed by atoms with van der Waals surface area (Å²) in [4.78, 5) is 27.3. The van der Waals surface area contributed by atoms with Gasteiger partial charge in [0.05, 0.1) is 5.41 Å². The van der Waals surface area contributed by atoms with Crippen molar-refractivity contribution >= 4 is 17.5 Å². The van der Waals surface area contributed by atoms with Gasteiger partial charge in [0.15, 0.2) is 0 Å². The molecule has 4 nitrogen and oxygen atoms in total. The molecule has 0 spiro atoms. The Kier molecular flexibility index (Phi) is 6.00. The van der Waals surface area contributed by atoms with Gasteiger partial charge in [0.25, 0.3) is 0 Å². The Labute approximate surface area is 157 Å². The van der Waals surface area contributed by atoms with E-state index in [9.17, 15) is 9.59 Å². The number of benzene rings is 1. The van der Waals surface area contributed by atoms with Crippen LogP contribution in [0.3, 0.4) is 0 Å². The molecular formula is C22H32N2O2. The average molecular weight is 357 g/mol. The molecule has 2 amide bonds. The Balaban J connectivity index is 1.85. The Hall–Kier alpha value is -1.84. The van der Waals surface area contributed by atoms with Gasteiger partial charge in [-0.3, -0.25) is 9.59 Å². The van der Waals surface area contributed by atoms with Crippen molar-refractivity contribution in [2.75, 3.05) is 18.4 Å². The Morgan fingerprint density at radius 2 is 1.81 bits per heavy atom. The van der Waals surface area contributed by atoms with Gasteiger partial charge < -0.3 is 10.2 Å². The number of carbonyl (C=O) groups is 2. The molecule has 2 fully saturated rings. The van der Waals surface area contributed by atoms with Gasteiger partial charge in [-0.05, 0) is 49.3 Å². The van der Waals surface area contributed by atoms with Gasteiger partial charge in [0.2, 0.25) is 11.8 Å². The minimum absolute atomic E-state index is 0.0171. The van der Waals surface area contributed by atoms with Gasteiger partial charge >= 0.3 is 0 Å². The maximum absolute atomic E-state index is 13.6. The minimum Gasteiger partial charge on any atom is -0.342 e. The molecule has 1 aliphatic heterocycles. The van der Waals surface area contributed by atoms with E-state index in [2.05, 4.69) is 29.3 Å². The van der Waals surface area contributed by atoms with Crippen molar-refractivity contribution in [3.63, 3.8) is 0 Å². The second kappa shape index (κ2) is 8.24. The Morgan fingerprint density at radius 3 is 2.42 bits per heavy atom. The van der Waals surface area contributed by atoms with E-state index in [4.69, 9.17) is 0 Å². The number of likely N-dealkylation sites (tertiary alicyclic amines) is 1. The lowest BCUT2D eigenvalue weighted by Crippen LogP contribution is -2.51. The highest BCUT2D eigenvalue weighted by molar-refractivity contribution is 5.91. The fourth-order valence-electron chi connectivity index (χ4n) is 4.58. The summed E-state index contributed by atoms with van der Waals surface area (Å²) in [6.45, 7) is 5.89. The molecule has 2 aliphatic rings. The van der Waals surface area contributed by atoms with E-state index in [1.165, 1.54) is 12.8 Å². The smallest absolute Gasteiger partial charge is 0.233 e. The number of piperidine rings is 1. The topological polar surface area (TPSA) is 49.4 Å². The fraction of sp³-hybridized carbons (Fsp3) is 0.636.